The molecule has 0 aliphatic carbocycles. The van der Waals surface area contributed by atoms with E-state index in [0.717, 1.165) is 6.07 Å². The molecule has 4 aromatic rings. The molecule has 40 heavy (non-hydrogen) atoms. The second-order valence-corrected chi connectivity index (χ2v) is 11.4. The quantitative estimate of drug-likeness (QED) is 0.257. The molecule has 182 valence electrons. The number of benzene rings is 3. The highest BCUT2D eigenvalue weighted by Crippen LogP contribution is 2.32. The Hall–Kier alpha value is -3.40. The maximum atomic E-state index is 14.3. The van der Waals surface area contributed by atoms with E-state index in [1.165, 1.54) is 24.7 Å². The highest BCUT2D eigenvalue weighted by atomic mass is 32.2. The first-order valence-electron chi connectivity index (χ1n) is 11.5. The number of rotatable bonds is 8. The average molecular weight is 532 g/mol. The highest BCUT2D eigenvalue weighted by molar-refractivity contribution is 7.90. The Balaban J connectivity index is 1.70. The summed E-state index contributed by atoms with van der Waals surface area (Å²) in [6, 6.07) is 10.5. The lowest BCUT2D eigenvalue weighted by Crippen LogP contribution is -2.60. The van der Waals surface area contributed by atoms with Gasteiger partial charge in [-0.05, 0) is 35.4 Å². The van der Waals surface area contributed by atoms with Crippen molar-refractivity contribution in [3.63, 3.8) is 0 Å². The molecule has 0 saturated heterocycles. The van der Waals surface area contributed by atoms with Crippen LogP contribution in [0.15, 0.2) is 48.8 Å². The number of nitrogens with one attached hydrogen (secondary N) is 2. The lowest BCUT2D eigenvalue weighted by atomic mass is 9.51. The molecule has 0 amide bonds. The van der Waals surface area contributed by atoms with Gasteiger partial charge in [-0.1, -0.05) is 23.1 Å². The van der Waals surface area contributed by atoms with Crippen LogP contribution in [-0.4, -0.2) is 80.3 Å². The lowest BCUT2D eigenvalue weighted by molar-refractivity contribution is 0.247. The van der Waals surface area contributed by atoms with Crippen molar-refractivity contribution >= 4 is 104 Å². The summed E-state index contributed by atoms with van der Waals surface area (Å²) in [5, 5.41) is 0.786. The second-order valence-electron chi connectivity index (χ2n) is 9.09. The highest BCUT2D eigenvalue weighted by Gasteiger charge is 2.28. The van der Waals surface area contributed by atoms with Crippen molar-refractivity contribution in [1.82, 2.24) is 15.0 Å². The van der Waals surface area contributed by atoms with Crippen LogP contribution in [0.25, 0.3) is 11.4 Å². The minimum absolute atomic E-state index is 0.0419. The van der Waals surface area contributed by atoms with Crippen molar-refractivity contribution in [2.45, 2.75) is 11.2 Å². The molecule has 1 heterocycles. The molecule has 2 N–H and O–H groups in total. The van der Waals surface area contributed by atoms with E-state index >= 15 is 0 Å². The molecule has 0 spiro atoms. The first kappa shape index (κ1) is 29.6. The van der Waals surface area contributed by atoms with E-state index in [0.29, 0.717) is 11.3 Å². The molecule has 1 atom stereocenters. The predicted octanol–water partition coefficient (Wildman–Crippen LogP) is -1.91. The van der Waals surface area contributed by atoms with Gasteiger partial charge in [0.2, 0.25) is 5.95 Å². The van der Waals surface area contributed by atoms with Gasteiger partial charge < -0.3 is 10.1 Å². The van der Waals surface area contributed by atoms with E-state index in [1.54, 1.807) is 24.3 Å². The van der Waals surface area contributed by atoms with Gasteiger partial charge in [-0.25, -0.2) is 18.6 Å². The van der Waals surface area contributed by atoms with Crippen LogP contribution in [0.1, 0.15) is 11.1 Å². The number of nitrogens with zero attached hydrogens (tertiary/aromatic N) is 3. The van der Waals surface area contributed by atoms with Crippen molar-refractivity contribution in [3.05, 3.63) is 65.7 Å². The van der Waals surface area contributed by atoms with Gasteiger partial charge in [0.1, 0.15) is 72.8 Å². The summed E-state index contributed by atoms with van der Waals surface area (Å²) in [5.74, 6) is -0.510. The molecule has 4 rings (SSSR count). The van der Waals surface area contributed by atoms with Gasteiger partial charge in [0.05, 0.1) is 11.3 Å². The fourth-order valence-electron chi connectivity index (χ4n) is 3.94. The Morgan fingerprint density at radius 1 is 0.975 bits per heavy atom. The number of anilines is 2. The van der Waals surface area contributed by atoms with Crippen molar-refractivity contribution in [3.8, 4) is 17.1 Å². The van der Waals surface area contributed by atoms with Gasteiger partial charge in [0.25, 0.3) is 0 Å². The third-order valence-electron chi connectivity index (χ3n) is 5.75. The Morgan fingerprint density at radius 2 is 1.62 bits per heavy atom. The monoisotopic (exact) mass is 533 g/mol. The van der Waals surface area contributed by atoms with Crippen LogP contribution >= 0.6 is 0 Å². The topological polar surface area (TPSA) is 101 Å². The van der Waals surface area contributed by atoms with Gasteiger partial charge in [-0.3, -0.25) is 4.78 Å². The van der Waals surface area contributed by atoms with Crippen molar-refractivity contribution in [2.24, 2.45) is 0 Å². The molecule has 0 aliphatic heterocycles. The SMILES string of the molecule is [B]c1c([B])c([B])c(C([B])([B])Oc2cc(F)ccc2-c2ncnc(Nc3cccc(CS(C)(=N)=O)c3)n2)c([B])c1[B]. The molecule has 0 bridgehead atoms. The van der Waals surface area contributed by atoms with Crippen LogP contribution in [0.3, 0.4) is 0 Å². The number of halogens is 1. The van der Waals surface area contributed by atoms with Crippen LogP contribution in [0, 0.1) is 10.6 Å². The van der Waals surface area contributed by atoms with E-state index in [4.69, 9.17) is 64.4 Å². The summed E-state index contributed by atoms with van der Waals surface area (Å²) in [4.78, 5) is 12.7. The van der Waals surface area contributed by atoms with E-state index in [9.17, 15) is 8.60 Å². The number of hydrogen-bond acceptors (Lipinski definition) is 7. The van der Waals surface area contributed by atoms with E-state index < -0.39 is 20.9 Å². The summed E-state index contributed by atoms with van der Waals surface area (Å²) in [6.07, 6.45) is 2.60. The summed E-state index contributed by atoms with van der Waals surface area (Å²) < 4.78 is 39.7. The van der Waals surface area contributed by atoms with E-state index in [2.05, 4.69) is 20.3 Å². The van der Waals surface area contributed by atoms with Crippen LogP contribution < -0.4 is 37.4 Å². The largest absolute Gasteiger partial charge is 0.502 e. The normalized spacial score (nSPS) is 12.9. The third kappa shape index (κ3) is 6.49. The second kappa shape index (κ2) is 11.2. The maximum absolute atomic E-state index is 14.3. The number of hydrogen-bond donors (Lipinski definition) is 2. The molecular formula is C24H15B7FN5O2S. The molecule has 14 radical (unpaired) electrons. The molecule has 3 aromatic carbocycles. The minimum atomic E-state index is -2.74. The zero-order valence-electron chi connectivity index (χ0n) is 21.3. The Kier molecular flexibility index (Phi) is 8.31. The van der Waals surface area contributed by atoms with Crippen LogP contribution in [-0.2, 0) is 20.9 Å². The van der Waals surface area contributed by atoms with Crippen LogP contribution in [0.5, 0.6) is 5.75 Å². The Bertz CT molecular complexity index is 1700. The number of ether oxygens (including phenoxy) is 1. The Morgan fingerprint density at radius 3 is 2.27 bits per heavy atom. The van der Waals surface area contributed by atoms with Crippen LogP contribution in [0.2, 0.25) is 0 Å². The molecule has 0 saturated carbocycles. The van der Waals surface area contributed by atoms with Gasteiger partial charge in [-0.15, -0.1) is 16.4 Å². The molecular weight excluding hydrogens is 517 g/mol. The van der Waals surface area contributed by atoms with Gasteiger partial charge >= 0.3 is 0 Å². The molecule has 1 unspecified atom stereocenters. The zero-order valence-corrected chi connectivity index (χ0v) is 22.1. The van der Waals surface area contributed by atoms with Crippen molar-refractivity contribution in [2.75, 3.05) is 11.6 Å². The van der Waals surface area contributed by atoms with Crippen molar-refractivity contribution in [1.29, 1.82) is 4.78 Å². The predicted molar refractivity (Wildman–Crippen MR) is 163 cm³/mol. The molecule has 16 heteroatoms. The zero-order chi connectivity index (χ0) is 29.4. The fraction of sp³-hybridized carbons (Fsp3) is 0.125. The summed E-state index contributed by atoms with van der Waals surface area (Å²) in [5.41, 5.74) is 0.817. The summed E-state index contributed by atoms with van der Waals surface area (Å²) in [7, 11) is 39.7. The first-order chi connectivity index (χ1) is 18.7. The average Bonchev–Trinajstić information content (AvgIpc) is 2.85. The minimum Gasteiger partial charge on any atom is -0.502 e. The van der Waals surface area contributed by atoms with Gasteiger partial charge in [0, 0.05) is 33.1 Å². The molecule has 0 aliphatic rings. The fourth-order valence-corrected chi connectivity index (χ4v) is 4.76. The third-order valence-corrected chi connectivity index (χ3v) is 6.63. The lowest BCUT2D eigenvalue weighted by Gasteiger charge is -2.35. The smallest absolute Gasteiger partial charge is 0.230 e. The van der Waals surface area contributed by atoms with Gasteiger partial charge in [-0.2, -0.15) is 4.98 Å². The van der Waals surface area contributed by atoms with Crippen molar-refractivity contribution < 1.29 is 13.3 Å². The number of aromatic nitrogens is 3. The summed E-state index contributed by atoms with van der Waals surface area (Å²) >= 11 is 0. The Labute approximate surface area is 241 Å². The standard InChI is InChI=1S/C24H15B7FN5O2S/c1-40(33,38)9-11-3-2-4-13(7-11)36-23-35-10-34-22(37-23)14-6-5-12(32)8-15(14)39-24(30,31)16-17(25)19(27)21(29)20(28)18(16)26/h2-8,10,33H,9H2,1H3,(H,34,35,36,37). The van der Waals surface area contributed by atoms with Gasteiger partial charge in [0.15, 0.2) is 5.82 Å². The molecule has 1 aromatic heterocycles. The van der Waals surface area contributed by atoms with E-state index in [-0.39, 0.29) is 61.7 Å². The first-order valence-corrected chi connectivity index (χ1v) is 13.6. The van der Waals surface area contributed by atoms with Crippen LogP contribution in [0.4, 0.5) is 16.0 Å². The molecule has 0 fully saturated rings. The summed E-state index contributed by atoms with van der Waals surface area (Å²) in [6.45, 7) is 0. The maximum Gasteiger partial charge on any atom is 0.230 e. The molecule has 7 nitrogen and oxygen atoms in total. The van der Waals surface area contributed by atoms with E-state index in [1.807, 2.05) is 0 Å².